The number of hydrogen-bond donors (Lipinski definition) is 2. The lowest BCUT2D eigenvalue weighted by Gasteiger charge is -2.31. The van der Waals surface area contributed by atoms with Crippen LogP contribution in [0.5, 0.6) is 0 Å². The molecule has 1 aromatic rings. The quantitative estimate of drug-likeness (QED) is 0.832. The van der Waals surface area contributed by atoms with Crippen LogP contribution in [-0.4, -0.2) is 39.5 Å². The molecular formula is C16H30ClN5O. The molecule has 0 atom stereocenters. The third-order valence-electron chi connectivity index (χ3n) is 5.21. The minimum atomic E-state index is -0.137. The lowest BCUT2D eigenvalue weighted by Crippen LogP contribution is -2.47. The first kappa shape index (κ1) is 19.9. The van der Waals surface area contributed by atoms with Crippen molar-refractivity contribution in [2.75, 3.05) is 13.1 Å². The number of hydrogen-bond acceptors (Lipinski definition) is 4. The van der Waals surface area contributed by atoms with Crippen LogP contribution in [0.4, 0.5) is 0 Å². The summed E-state index contributed by atoms with van der Waals surface area (Å²) in [5.74, 6) is -0.0942. The third-order valence-corrected chi connectivity index (χ3v) is 5.21. The van der Waals surface area contributed by atoms with E-state index in [1.54, 1.807) is 0 Å². The molecule has 0 aromatic carbocycles. The summed E-state index contributed by atoms with van der Waals surface area (Å²) >= 11 is 0. The Kier molecular flexibility index (Phi) is 7.48. The SMILES string of the molecule is CCC(CC)(CC)NC(=O)c1nnn(C2CCNCC2)c1C.Cl. The molecule has 1 saturated heterocycles. The van der Waals surface area contributed by atoms with E-state index in [1.165, 1.54) is 0 Å². The first-order valence-electron chi connectivity index (χ1n) is 8.52. The molecule has 2 rings (SSSR count). The van der Waals surface area contributed by atoms with Crippen molar-refractivity contribution in [3.63, 3.8) is 0 Å². The zero-order chi connectivity index (χ0) is 16.2. The number of carbonyl (C=O) groups excluding carboxylic acids is 1. The summed E-state index contributed by atoms with van der Waals surface area (Å²) < 4.78 is 1.93. The second kappa shape index (κ2) is 8.64. The molecule has 0 bridgehead atoms. The van der Waals surface area contributed by atoms with Crippen LogP contribution in [0.2, 0.25) is 0 Å². The van der Waals surface area contributed by atoms with E-state index in [9.17, 15) is 4.79 Å². The molecule has 2 N–H and O–H groups in total. The largest absolute Gasteiger partial charge is 0.345 e. The summed E-state index contributed by atoms with van der Waals surface area (Å²) in [7, 11) is 0. The molecule has 1 aromatic heterocycles. The van der Waals surface area contributed by atoms with Crippen molar-refractivity contribution in [2.45, 2.75) is 71.4 Å². The maximum Gasteiger partial charge on any atom is 0.274 e. The average Bonchev–Trinajstić information content (AvgIpc) is 2.95. The minimum absolute atomic E-state index is 0. The van der Waals surface area contributed by atoms with Crippen molar-refractivity contribution >= 4 is 18.3 Å². The molecule has 0 saturated carbocycles. The van der Waals surface area contributed by atoms with Crippen LogP contribution in [0.25, 0.3) is 0 Å². The molecule has 1 aliphatic heterocycles. The minimum Gasteiger partial charge on any atom is -0.345 e. The van der Waals surface area contributed by atoms with Crippen LogP contribution in [0.15, 0.2) is 0 Å². The molecule has 0 radical (unpaired) electrons. The normalized spacial score (nSPS) is 16.0. The summed E-state index contributed by atoms with van der Waals surface area (Å²) in [6, 6.07) is 0.351. The Bertz CT molecular complexity index is 498. The van der Waals surface area contributed by atoms with E-state index in [1.807, 2.05) is 11.6 Å². The highest BCUT2D eigenvalue weighted by atomic mass is 35.5. The lowest BCUT2D eigenvalue weighted by molar-refractivity contribution is 0.0882. The summed E-state index contributed by atoms with van der Waals surface area (Å²) in [6.07, 6.45) is 4.84. The van der Waals surface area contributed by atoms with E-state index < -0.39 is 0 Å². The van der Waals surface area contributed by atoms with Gasteiger partial charge in [-0.15, -0.1) is 17.5 Å². The fourth-order valence-electron chi connectivity index (χ4n) is 3.26. The maximum absolute atomic E-state index is 12.6. The molecule has 0 aliphatic carbocycles. The molecule has 0 unspecified atom stereocenters. The second-order valence-corrected chi connectivity index (χ2v) is 6.24. The standard InChI is InChI=1S/C16H29N5O.ClH/c1-5-16(6-2,7-3)18-15(22)14-12(4)21(20-19-14)13-8-10-17-11-9-13;/h13,17H,5-11H2,1-4H3,(H,18,22);1H. The molecule has 1 amide bonds. The van der Waals surface area contributed by atoms with Gasteiger partial charge >= 0.3 is 0 Å². The van der Waals surface area contributed by atoms with Crippen LogP contribution in [0, 0.1) is 6.92 Å². The fourth-order valence-corrected chi connectivity index (χ4v) is 3.26. The predicted octanol–water partition coefficient (Wildman–Crippen LogP) is 2.63. The van der Waals surface area contributed by atoms with Crippen LogP contribution in [-0.2, 0) is 0 Å². The summed E-state index contributed by atoms with van der Waals surface area (Å²) in [6.45, 7) is 10.3. The zero-order valence-electron chi connectivity index (χ0n) is 14.7. The average molecular weight is 344 g/mol. The second-order valence-electron chi connectivity index (χ2n) is 6.24. The Hall–Kier alpha value is -1.14. The number of aromatic nitrogens is 3. The topological polar surface area (TPSA) is 71.8 Å². The first-order valence-corrected chi connectivity index (χ1v) is 8.52. The van der Waals surface area contributed by atoms with Gasteiger partial charge in [0.05, 0.1) is 11.7 Å². The number of nitrogens with one attached hydrogen (secondary N) is 2. The number of carbonyl (C=O) groups is 1. The van der Waals surface area contributed by atoms with Crippen molar-refractivity contribution in [3.8, 4) is 0 Å². The highest BCUT2D eigenvalue weighted by Crippen LogP contribution is 2.22. The van der Waals surface area contributed by atoms with Gasteiger partial charge in [0.2, 0.25) is 0 Å². The number of amides is 1. The van der Waals surface area contributed by atoms with E-state index in [0.29, 0.717) is 11.7 Å². The van der Waals surface area contributed by atoms with Gasteiger partial charge in [-0.1, -0.05) is 26.0 Å². The van der Waals surface area contributed by atoms with Crippen molar-refractivity contribution in [1.82, 2.24) is 25.6 Å². The van der Waals surface area contributed by atoms with Crippen LogP contribution in [0.3, 0.4) is 0 Å². The van der Waals surface area contributed by atoms with Gasteiger partial charge in [-0.25, -0.2) is 4.68 Å². The van der Waals surface area contributed by atoms with Gasteiger partial charge in [-0.2, -0.15) is 0 Å². The van der Waals surface area contributed by atoms with Gasteiger partial charge in [0.25, 0.3) is 5.91 Å². The number of piperidine rings is 1. The first-order chi connectivity index (χ1) is 10.6. The van der Waals surface area contributed by atoms with E-state index in [2.05, 4.69) is 41.7 Å². The molecule has 2 heterocycles. The van der Waals surface area contributed by atoms with Gasteiger partial charge < -0.3 is 10.6 Å². The highest BCUT2D eigenvalue weighted by molar-refractivity contribution is 5.93. The molecule has 1 fully saturated rings. The molecule has 132 valence electrons. The van der Waals surface area contributed by atoms with Gasteiger partial charge in [0.1, 0.15) is 0 Å². The number of halogens is 1. The smallest absolute Gasteiger partial charge is 0.274 e. The molecule has 1 aliphatic rings. The molecular weight excluding hydrogens is 314 g/mol. The third kappa shape index (κ3) is 4.23. The number of nitrogens with zero attached hydrogens (tertiary/aromatic N) is 3. The fraction of sp³-hybridized carbons (Fsp3) is 0.812. The Labute approximate surface area is 145 Å². The van der Waals surface area contributed by atoms with Crippen LogP contribution >= 0.6 is 12.4 Å². The van der Waals surface area contributed by atoms with E-state index >= 15 is 0 Å². The van der Waals surface area contributed by atoms with Crippen LogP contribution < -0.4 is 10.6 Å². The number of rotatable bonds is 6. The zero-order valence-corrected chi connectivity index (χ0v) is 15.5. The molecule has 23 heavy (non-hydrogen) atoms. The van der Waals surface area contributed by atoms with Gasteiger partial charge in [-0.05, 0) is 52.1 Å². The lowest BCUT2D eigenvalue weighted by atomic mass is 9.89. The predicted molar refractivity (Wildman–Crippen MR) is 94.2 cm³/mol. The Morgan fingerprint density at radius 1 is 1.26 bits per heavy atom. The van der Waals surface area contributed by atoms with Crippen molar-refractivity contribution in [1.29, 1.82) is 0 Å². The summed E-state index contributed by atoms with van der Waals surface area (Å²) in [5.41, 5.74) is 1.21. The van der Waals surface area contributed by atoms with E-state index in [4.69, 9.17) is 0 Å². The van der Waals surface area contributed by atoms with Gasteiger partial charge in [0.15, 0.2) is 5.69 Å². The highest BCUT2D eigenvalue weighted by Gasteiger charge is 2.29. The molecule has 6 nitrogen and oxygen atoms in total. The maximum atomic E-state index is 12.6. The monoisotopic (exact) mass is 343 g/mol. The van der Waals surface area contributed by atoms with Gasteiger partial charge in [0, 0.05) is 5.54 Å². The van der Waals surface area contributed by atoms with Gasteiger partial charge in [-0.3, -0.25) is 4.79 Å². The Balaban J connectivity index is 0.00000264. The molecule has 0 spiro atoms. The van der Waals surface area contributed by atoms with Crippen LogP contribution in [0.1, 0.15) is 75.1 Å². The van der Waals surface area contributed by atoms with Crippen molar-refractivity contribution < 1.29 is 4.79 Å². The van der Waals surface area contributed by atoms with Crippen molar-refractivity contribution in [2.24, 2.45) is 0 Å². The summed E-state index contributed by atoms with van der Waals surface area (Å²) in [5, 5.41) is 14.9. The van der Waals surface area contributed by atoms with E-state index in [0.717, 1.165) is 50.9 Å². The Morgan fingerprint density at radius 2 is 1.83 bits per heavy atom. The molecule has 7 heteroatoms. The summed E-state index contributed by atoms with van der Waals surface area (Å²) in [4.78, 5) is 12.6. The van der Waals surface area contributed by atoms with Crippen molar-refractivity contribution in [3.05, 3.63) is 11.4 Å². The Morgan fingerprint density at radius 3 is 2.35 bits per heavy atom. The van der Waals surface area contributed by atoms with E-state index in [-0.39, 0.29) is 23.9 Å².